The number of amides is 4. The molecule has 1 fully saturated rings. The molecule has 26 heavy (non-hydrogen) atoms. The van der Waals surface area contributed by atoms with Gasteiger partial charge >= 0.3 is 6.03 Å². The summed E-state index contributed by atoms with van der Waals surface area (Å²) in [6.07, 6.45) is 1.98. The lowest BCUT2D eigenvalue weighted by atomic mass is 10.00. The zero-order valence-electron chi connectivity index (χ0n) is 14.3. The zero-order valence-corrected chi connectivity index (χ0v) is 15.1. The second-order valence-electron chi connectivity index (χ2n) is 5.90. The Balaban J connectivity index is 1.62. The lowest BCUT2D eigenvalue weighted by molar-refractivity contribution is -0.137. The molecule has 3 rings (SSSR count). The Kier molecular flexibility index (Phi) is 4.94. The summed E-state index contributed by atoms with van der Waals surface area (Å²) in [6.45, 7) is 3.41. The molecule has 1 atom stereocenters. The Bertz CT molecular complexity index is 840. The van der Waals surface area contributed by atoms with Crippen molar-refractivity contribution < 1.29 is 14.4 Å². The number of nitrogens with zero attached hydrogens (tertiary/aromatic N) is 4. The van der Waals surface area contributed by atoms with Crippen LogP contribution in [0.15, 0.2) is 41.8 Å². The number of aromatic nitrogens is 3. The molecule has 0 spiro atoms. The second kappa shape index (κ2) is 7.16. The summed E-state index contributed by atoms with van der Waals surface area (Å²) in [6, 6.07) is 8.83. The fraction of sp³-hybridized carbons (Fsp3) is 0.312. The maximum atomic E-state index is 12.3. The van der Waals surface area contributed by atoms with Crippen LogP contribution in [0.4, 0.5) is 4.79 Å². The number of para-hydroxylation sites is 1. The number of hydrogen-bond donors (Lipinski definition) is 2. The number of thioether (sulfide) groups is 1. The predicted octanol–water partition coefficient (Wildman–Crippen LogP) is 1.11. The highest BCUT2D eigenvalue weighted by atomic mass is 32.2. The number of hydrogen-bond acceptors (Lipinski definition) is 6. The Labute approximate surface area is 154 Å². The molecule has 0 bridgehead atoms. The molecule has 0 aliphatic carbocycles. The molecular formula is C16H18N6O3S. The maximum absolute atomic E-state index is 12.3. The van der Waals surface area contributed by atoms with E-state index in [1.807, 2.05) is 30.3 Å². The summed E-state index contributed by atoms with van der Waals surface area (Å²) in [5.74, 6) is -0.983. The SMILES string of the molecule is CC[C@]1(C)NC(=O)N(NC(=O)CSc2nncn2-c2ccccc2)C1=O. The van der Waals surface area contributed by atoms with E-state index < -0.39 is 23.4 Å². The molecule has 2 heterocycles. The highest BCUT2D eigenvalue weighted by molar-refractivity contribution is 7.99. The fourth-order valence-electron chi connectivity index (χ4n) is 2.40. The van der Waals surface area contributed by atoms with Gasteiger partial charge in [-0.1, -0.05) is 36.9 Å². The molecule has 0 radical (unpaired) electrons. The number of nitrogens with one attached hydrogen (secondary N) is 2. The van der Waals surface area contributed by atoms with E-state index in [0.717, 1.165) is 22.5 Å². The Morgan fingerprint density at radius 2 is 2.04 bits per heavy atom. The van der Waals surface area contributed by atoms with Gasteiger partial charge in [-0.2, -0.15) is 5.01 Å². The zero-order chi connectivity index (χ0) is 18.7. The van der Waals surface area contributed by atoms with Crippen molar-refractivity contribution in [1.29, 1.82) is 0 Å². The first-order valence-corrected chi connectivity index (χ1v) is 8.97. The normalized spacial score (nSPS) is 19.5. The van der Waals surface area contributed by atoms with E-state index in [1.165, 1.54) is 0 Å². The van der Waals surface area contributed by atoms with Gasteiger partial charge in [0.15, 0.2) is 5.16 Å². The van der Waals surface area contributed by atoms with Crippen LogP contribution in [0.1, 0.15) is 20.3 Å². The van der Waals surface area contributed by atoms with Gasteiger partial charge in [-0.25, -0.2) is 4.79 Å². The monoisotopic (exact) mass is 374 g/mol. The Morgan fingerprint density at radius 1 is 1.31 bits per heavy atom. The molecule has 1 aliphatic heterocycles. The molecule has 1 aromatic heterocycles. The molecule has 1 aliphatic rings. The van der Waals surface area contributed by atoms with Crippen LogP contribution in [0.5, 0.6) is 0 Å². The van der Waals surface area contributed by atoms with Crippen molar-refractivity contribution in [2.24, 2.45) is 0 Å². The third-order valence-electron chi connectivity index (χ3n) is 4.09. The summed E-state index contributed by atoms with van der Waals surface area (Å²) in [4.78, 5) is 36.4. The van der Waals surface area contributed by atoms with Crippen molar-refractivity contribution >= 4 is 29.6 Å². The first-order valence-electron chi connectivity index (χ1n) is 7.99. The second-order valence-corrected chi connectivity index (χ2v) is 6.84. The fourth-order valence-corrected chi connectivity index (χ4v) is 3.12. The van der Waals surface area contributed by atoms with Crippen LogP contribution in [0.2, 0.25) is 0 Å². The average molecular weight is 374 g/mol. The number of hydrazine groups is 1. The number of rotatable bonds is 6. The van der Waals surface area contributed by atoms with Gasteiger partial charge in [-0.05, 0) is 25.5 Å². The third kappa shape index (κ3) is 3.40. The average Bonchev–Trinajstić information content (AvgIpc) is 3.20. The maximum Gasteiger partial charge on any atom is 0.344 e. The van der Waals surface area contributed by atoms with Gasteiger partial charge < -0.3 is 5.32 Å². The van der Waals surface area contributed by atoms with Gasteiger partial charge in [0.25, 0.3) is 5.91 Å². The smallest absolute Gasteiger partial charge is 0.322 e. The molecule has 10 heteroatoms. The molecule has 136 valence electrons. The van der Waals surface area contributed by atoms with Gasteiger partial charge in [0.05, 0.1) is 5.75 Å². The summed E-state index contributed by atoms with van der Waals surface area (Å²) in [5.41, 5.74) is 2.22. The Hall–Kier alpha value is -2.88. The molecule has 9 nitrogen and oxygen atoms in total. The van der Waals surface area contributed by atoms with Crippen molar-refractivity contribution in [3.63, 3.8) is 0 Å². The number of imide groups is 1. The van der Waals surface area contributed by atoms with Crippen molar-refractivity contribution in [3.05, 3.63) is 36.7 Å². The molecule has 4 amide bonds. The largest absolute Gasteiger partial charge is 0.344 e. The van der Waals surface area contributed by atoms with Crippen LogP contribution in [-0.4, -0.2) is 48.9 Å². The van der Waals surface area contributed by atoms with Crippen LogP contribution in [0, 0.1) is 0 Å². The van der Waals surface area contributed by atoms with Crippen molar-refractivity contribution in [1.82, 2.24) is 30.5 Å². The molecular weight excluding hydrogens is 356 g/mol. The lowest BCUT2D eigenvalue weighted by Crippen LogP contribution is -2.49. The molecule has 1 saturated heterocycles. The molecule has 0 unspecified atom stereocenters. The minimum Gasteiger partial charge on any atom is -0.322 e. The highest BCUT2D eigenvalue weighted by Crippen LogP contribution is 2.21. The van der Waals surface area contributed by atoms with Crippen LogP contribution >= 0.6 is 11.8 Å². The summed E-state index contributed by atoms with van der Waals surface area (Å²) in [5, 5.41) is 11.7. The summed E-state index contributed by atoms with van der Waals surface area (Å²) < 4.78 is 1.75. The van der Waals surface area contributed by atoms with E-state index >= 15 is 0 Å². The minimum atomic E-state index is -0.995. The molecule has 2 N–H and O–H groups in total. The van der Waals surface area contributed by atoms with Gasteiger partial charge in [0.1, 0.15) is 11.9 Å². The van der Waals surface area contributed by atoms with E-state index in [4.69, 9.17) is 0 Å². The lowest BCUT2D eigenvalue weighted by Gasteiger charge is -2.19. The first-order chi connectivity index (χ1) is 12.4. The number of carbonyl (C=O) groups is 3. The van der Waals surface area contributed by atoms with Crippen LogP contribution in [0.3, 0.4) is 0 Å². The highest BCUT2D eigenvalue weighted by Gasteiger charge is 2.47. The summed E-state index contributed by atoms with van der Waals surface area (Å²) >= 11 is 1.16. The first kappa shape index (κ1) is 17.9. The Morgan fingerprint density at radius 3 is 2.69 bits per heavy atom. The van der Waals surface area contributed by atoms with Gasteiger partial charge in [0.2, 0.25) is 5.91 Å². The molecule has 2 aromatic rings. The van der Waals surface area contributed by atoms with Gasteiger partial charge in [0, 0.05) is 5.69 Å². The number of benzene rings is 1. The van der Waals surface area contributed by atoms with Crippen molar-refractivity contribution in [2.45, 2.75) is 31.0 Å². The van der Waals surface area contributed by atoms with E-state index in [1.54, 1.807) is 24.7 Å². The van der Waals surface area contributed by atoms with Gasteiger partial charge in [-0.15, -0.1) is 10.2 Å². The number of urea groups is 1. The quantitative estimate of drug-likeness (QED) is 0.579. The third-order valence-corrected chi connectivity index (χ3v) is 5.03. The van der Waals surface area contributed by atoms with Crippen LogP contribution < -0.4 is 10.7 Å². The predicted molar refractivity (Wildman–Crippen MR) is 94.3 cm³/mol. The van der Waals surface area contributed by atoms with Crippen molar-refractivity contribution in [3.8, 4) is 5.69 Å². The van der Waals surface area contributed by atoms with Gasteiger partial charge in [-0.3, -0.25) is 19.6 Å². The standard InChI is InChI=1S/C16H18N6O3S/c1-3-16(2)13(24)22(14(25)18-16)20-12(23)9-26-15-19-17-10-21(15)11-7-5-4-6-8-11/h4-8,10H,3,9H2,1-2H3,(H,18,25)(H,20,23)/t16-/m0/s1. The van der Waals surface area contributed by atoms with E-state index in [9.17, 15) is 14.4 Å². The van der Waals surface area contributed by atoms with E-state index in [2.05, 4.69) is 20.9 Å². The minimum absolute atomic E-state index is 0.0224. The number of carbonyl (C=O) groups excluding carboxylic acids is 3. The molecule has 0 saturated carbocycles. The van der Waals surface area contributed by atoms with Crippen molar-refractivity contribution in [2.75, 3.05) is 5.75 Å². The summed E-state index contributed by atoms with van der Waals surface area (Å²) in [7, 11) is 0. The van der Waals surface area contributed by atoms with E-state index in [-0.39, 0.29) is 5.75 Å². The van der Waals surface area contributed by atoms with Crippen LogP contribution in [0.25, 0.3) is 5.69 Å². The molecule has 1 aromatic carbocycles. The topological polar surface area (TPSA) is 109 Å². The van der Waals surface area contributed by atoms with E-state index in [0.29, 0.717) is 11.6 Å². The van der Waals surface area contributed by atoms with Crippen LogP contribution in [-0.2, 0) is 9.59 Å².